The van der Waals surface area contributed by atoms with E-state index < -0.39 is 0 Å². The SMILES string of the molecule is C.C=CCc1ccc[nH]1. The Bertz CT molecular complexity index is 151. The van der Waals surface area contributed by atoms with Crippen LogP contribution in [0.3, 0.4) is 0 Å². The number of aromatic amines is 1. The minimum atomic E-state index is 0. The Kier molecular flexibility index (Phi) is 3.52. The van der Waals surface area contributed by atoms with Crippen LogP contribution in [-0.2, 0) is 6.42 Å². The van der Waals surface area contributed by atoms with Gasteiger partial charge in [0.05, 0.1) is 0 Å². The zero-order chi connectivity index (χ0) is 5.82. The van der Waals surface area contributed by atoms with Crippen LogP contribution in [0.25, 0.3) is 0 Å². The summed E-state index contributed by atoms with van der Waals surface area (Å²) < 4.78 is 0. The molecule has 1 rings (SSSR count). The predicted octanol–water partition coefficient (Wildman–Crippen LogP) is 2.38. The van der Waals surface area contributed by atoms with E-state index in [1.807, 2.05) is 24.4 Å². The molecule has 0 fully saturated rings. The maximum Gasteiger partial charge on any atom is 0.0185 e. The smallest absolute Gasteiger partial charge is 0.0185 e. The van der Waals surface area contributed by atoms with E-state index in [4.69, 9.17) is 0 Å². The van der Waals surface area contributed by atoms with E-state index in [0.29, 0.717) is 0 Å². The molecular weight excluding hydrogens is 110 g/mol. The van der Waals surface area contributed by atoms with Gasteiger partial charge < -0.3 is 4.98 Å². The Hall–Kier alpha value is -0.980. The van der Waals surface area contributed by atoms with Crippen molar-refractivity contribution in [1.82, 2.24) is 4.98 Å². The van der Waals surface area contributed by atoms with Crippen LogP contribution in [0.1, 0.15) is 13.1 Å². The van der Waals surface area contributed by atoms with Crippen LogP contribution in [0.2, 0.25) is 0 Å². The Balaban J connectivity index is 0.000000640. The summed E-state index contributed by atoms with van der Waals surface area (Å²) in [5.74, 6) is 0. The van der Waals surface area contributed by atoms with Gasteiger partial charge in [0, 0.05) is 18.3 Å². The van der Waals surface area contributed by atoms with Crippen molar-refractivity contribution in [1.29, 1.82) is 0 Å². The summed E-state index contributed by atoms with van der Waals surface area (Å²) in [6, 6.07) is 4.03. The largest absolute Gasteiger partial charge is 0.365 e. The molecule has 0 aliphatic carbocycles. The molecule has 0 amide bonds. The van der Waals surface area contributed by atoms with E-state index in [1.54, 1.807) is 0 Å². The van der Waals surface area contributed by atoms with Crippen molar-refractivity contribution in [3.05, 3.63) is 36.7 Å². The topological polar surface area (TPSA) is 15.8 Å². The molecule has 1 nitrogen and oxygen atoms in total. The van der Waals surface area contributed by atoms with Crippen molar-refractivity contribution in [2.75, 3.05) is 0 Å². The van der Waals surface area contributed by atoms with Crippen LogP contribution in [0.4, 0.5) is 0 Å². The number of rotatable bonds is 2. The fourth-order valence-corrected chi connectivity index (χ4v) is 0.650. The van der Waals surface area contributed by atoms with Gasteiger partial charge in [-0.2, -0.15) is 0 Å². The summed E-state index contributed by atoms with van der Waals surface area (Å²) in [6.45, 7) is 3.62. The first-order valence-corrected chi connectivity index (χ1v) is 2.66. The molecular formula is C8H13N. The van der Waals surface area contributed by atoms with E-state index in [-0.39, 0.29) is 7.43 Å². The van der Waals surface area contributed by atoms with Crippen molar-refractivity contribution < 1.29 is 0 Å². The van der Waals surface area contributed by atoms with E-state index in [1.165, 1.54) is 5.69 Å². The van der Waals surface area contributed by atoms with E-state index in [9.17, 15) is 0 Å². The summed E-state index contributed by atoms with van der Waals surface area (Å²) in [6.07, 6.45) is 4.73. The molecule has 0 spiro atoms. The lowest BCUT2D eigenvalue weighted by atomic mass is 10.3. The second-order valence-corrected chi connectivity index (χ2v) is 1.69. The molecule has 0 unspecified atom stereocenters. The fraction of sp³-hybridized carbons (Fsp3) is 0.250. The second-order valence-electron chi connectivity index (χ2n) is 1.69. The van der Waals surface area contributed by atoms with Gasteiger partial charge in [-0.3, -0.25) is 0 Å². The highest BCUT2D eigenvalue weighted by atomic mass is 14.7. The third kappa shape index (κ3) is 2.17. The van der Waals surface area contributed by atoms with Crippen LogP contribution >= 0.6 is 0 Å². The summed E-state index contributed by atoms with van der Waals surface area (Å²) in [7, 11) is 0. The summed E-state index contributed by atoms with van der Waals surface area (Å²) >= 11 is 0. The van der Waals surface area contributed by atoms with Crippen LogP contribution in [0, 0.1) is 0 Å². The number of allylic oxidation sites excluding steroid dienone is 1. The minimum absolute atomic E-state index is 0. The number of hydrogen-bond donors (Lipinski definition) is 1. The van der Waals surface area contributed by atoms with E-state index in [0.717, 1.165) is 6.42 Å². The van der Waals surface area contributed by atoms with Crippen LogP contribution in [-0.4, -0.2) is 4.98 Å². The molecule has 0 aliphatic heterocycles. The average molecular weight is 123 g/mol. The first kappa shape index (κ1) is 8.02. The van der Waals surface area contributed by atoms with E-state index in [2.05, 4.69) is 11.6 Å². The van der Waals surface area contributed by atoms with Gasteiger partial charge in [-0.05, 0) is 12.1 Å². The molecule has 9 heavy (non-hydrogen) atoms. The third-order valence-corrected chi connectivity index (χ3v) is 1.03. The molecule has 1 N–H and O–H groups in total. The lowest BCUT2D eigenvalue weighted by Gasteiger charge is -1.83. The molecule has 0 saturated heterocycles. The zero-order valence-electron chi connectivity index (χ0n) is 4.72. The maximum absolute atomic E-state index is 3.62. The van der Waals surface area contributed by atoms with Crippen LogP contribution in [0.5, 0.6) is 0 Å². The molecule has 0 radical (unpaired) electrons. The highest BCUT2D eigenvalue weighted by molar-refractivity contribution is 5.06. The van der Waals surface area contributed by atoms with Gasteiger partial charge in [0.15, 0.2) is 0 Å². The van der Waals surface area contributed by atoms with Gasteiger partial charge in [-0.1, -0.05) is 13.5 Å². The summed E-state index contributed by atoms with van der Waals surface area (Å²) in [5, 5.41) is 0. The first-order chi connectivity index (χ1) is 3.93. The molecule has 0 atom stereocenters. The van der Waals surface area contributed by atoms with Crippen molar-refractivity contribution in [2.24, 2.45) is 0 Å². The normalized spacial score (nSPS) is 8.00. The Morgan fingerprint density at radius 2 is 2.44 bits per heavy atom. The second kappa shape index (κ2) is 3.96. The van der Waals surface area contributed by atoms with Gasteiger partial charge in [-0.25, -0.2) is 0 Å². The summed E-state index contributed by atoms with van der Waals surface area (Å²) in [5.41, 5.74) is 1.22. The average Bonchev–Trinajstić information content (AvgIpc) is 2.19. The van der Waals surface area contributed by atoms with Crippen molar-refractivity contribution in [3.63, 3.8) is 0 Å². The molecule has 1 heterocycles. The number of aromatic nitrogens is 1. The Labute approximate surface area is 56.4 Å². The third-order valence-electron chi connectivity index (χ3n) is 1.03. The molecule has 0 aromatic carbocycles. The molecule has 50 valence electrons. The standard InChI is InChI=1S/C7H9N.CH4/c1-2-4-7-5-3-6-8-7;/h2-3,5-6,8H,1,4H2;1H4. The molecule has 0 aliphatic rings. The lowest BCUT2D eigenvalue weighted by molar-refractivity contribution is 1.16. The predicted molar refractivity (Wildman–Crippen MR) is 41.4 cm³/mol. The highest BCUT2D eigenvalue weighted by Crippen LogP contribution is 1.94. The maximum atomic E-state index is 3.62. The zero-order valence-corrected chi connectivity index (χ0v) is 4.72. The quantitative estimate of drug-likeness (QED) is 0.581. The van der Waals surface area contributed by atoms with Gasteiger partial charge >= 0.3 is 0 Å². The van der Waals surface area contributed by atoms with Gasteiger partial charge in [0.2, 0.25) is 0 Å². The molecule has 1 aromatic heterocycles. The Morgan fingerprint density at radius 1 is 1.67 bits per heavy atom. The molecule has 1 aromatic rings. The minimum Gasteiger partial charge on any atom is -0.365 e. The molecule has 1 heteroatoms. The van der Waals surface area contributed by atoms with Gasteiger partial charge in [-0.15, -0.1) is 6.58 Å². The first-order valence-electron chi connectivity index (χ1n) is 2.66. The number of hydrogen-bond acceptors (Lipinski definition) is 0. The highest BCUT2D eigenvalue weighted by Gasteiger charge is 1.83. The number of nitrogens with one attached hydrogen (secondary N) is 1. The van der Waals surface area contributed by atoms with Crippen LogP contribution < -0.4 is 0 Å². The molecule has 0 saturated carbocycles. The number of H-pyrrole nitrogens is 1. The summed E-state index contributed by atoms with van der Waals surface area (Å²) in [4.78, 5) is 3.07. The lowest BCUT2D eigenvalue weighted by Crippen LogP contribution is -1.75. The Morgan fingerprint density at radius 3 is 2.89 bits per heavy atom. The van der Waals surface area contributed by atoms with Crippen molar-refractivity contribution in [2.45, 2.75) is 13.8 Å². The van der Waals surface area contributed by atoms with Gasteiger partial charge in [0.1, 0.15) is 0 Å². The fourth-order valence-electron chi connectivity index (χ4n) is 0.650. The van der Waals surface area contributed by atoms with Crippen LogP contribution in [0.15, 0.2) is 31.0 Å². The van der Waals surface area contributed by atoms with Crippen molar-refractivity contribution >= 4 is 0 Å². The molecule has 0 bridgehead atoms. The van der Waals surface area contributed by atoms with Gasteiger partial charge in [0.25, 0.3) is 0 Å². The van der Waals surface area contributed by atoms with E-state index >= 15 is 0 Å². The monoisotopic (exact) mass is 123 g/mol. The van der Waals surface area contributed by atoms with Crippen molar-refractivity contribution in [3.8, 4) is 0 Å².